The second-order valence-electron chi connectivity index (χ2n) is 6.07. The molecular weight excluding hydrogens is 366 g/mol. The monoisotopic (exact) mass is 387 g/mol. The summed E-state index contributed by atoms with van der Waals surface area (Å²) in [5.74, 6) is 0.252. The first-order chi connectivity index (χ1) is 13.1. The van der Waals surface area contributed by atoms with Crippen LogP contribution in [0.25, 0.3) is 11.1 Å². The molecule has 1 fully saturated rings. The molecule has 6 nitrogen and oxygen atoms in total. The van der Waals surface area contributed by atoms with Crippen LogP contribution in [0.1, 0.15) is 22.3 Å². The SMILES string of the molecule is NCc1ccc(C(=O)O)cc1-c1cccc(OCCSC2CCOC2=O)c1. The van der Waals surface area contributed by atoms with Gasteiger partial charge in [-0.05, 0) is 41.0 Å². The minimum atomic E-state index is -0.977. The Hall–Kier alpha value is -2.51. The molecule has 27 heavy (non-hydrogen) atoms. The Balaban J connectivity index is 1.67. The molecule has 2 aromatic carbocycles. The van der Waals surface area contributed by atoms with E-state index in [0.717, 1.165) is 23.1 Å². The normalized spacial score (nSPS) is 16.2. The van der Waals surface area contributed by atoms with Crippen LogP contribution in [-0.4, -0.2) is 41.3 Å². The minimum absolute atomic E-state index is 0.0918. The molecular formula is C20H21NO5S. The number of carbonyl (C=O) groups excluding carboxylic acids is 1. The molecule has 0 radical (unpaired) electrons. The molecule has 1 atom stereocenters. The molecule has 3 N–H and O–H groups in total. The summed E-state index contributed by atoms with van der Waals surface area (Å²) in [6.45, 7) is 1.28. The van der Waals surface area contributed by atoms with Gasteiger partial charge in [0.25, 0.3) is 0 Å². The highest BCUT2D eigenvalue weighted by molar-refractivity contribution is 8.00. The van der Waals surface area contributed by atoms with Crippen LogP contribution in [-0.2, 0) is 16.1 Å². The number of ether oxygens (including phenoxy) is 2. The van der Waals surface area contributed by atoms with E-state index in [1.807, 2.05) is 24.3 Å². The Morgan fingerprint density at radius 2 is 2.15 bits per heavy atom. The van der Waals surface area contributed by atoms with Gasteiger partial charge in [-0.3, -0.25) is 4.79 Å². The van der Waals surface area contributed by atoms with Crippen LogP contribution in [0.15, 0.2) is 42.5 Å². The van der Waals surface area contributed by atoms with E-state index in [9.17, 15) is 14.7 Å². The van der Waals surface area contributed by atoms with Gasteiger partial charge in [0.15, 0.2) is 0 Å². The number of esters is 1. The predicted octanol–water partition coefficient (Wildman–Crippen LogP) is 2.94. The van der Waals surface area contributed by atoms with Crippen LogP contribution in [0.3, 0.4) is 0 Å². The Kier molecular flexibility index (Phi) is 6.36. The van der Waals surface area contributed by atoms with Crippen LogP contribution in [0.2, 0.25) is 0 Å². The molecule has 0 amide bonds. The van der Waals surface area contributed by atoms with Gasteiger partial charge in [0.1, 0.15) is 11.0 Å². The quantitative estimate of drug-likeness (QED) is 0.531. The topological polar surface area (TPSA) is 98.9 Å². The van der Waals surface area contributed by atoms with Crippen LogP contribution in [0, 0.1) is 0 Å². The lowest BCUT2D eigenvalue weighted by Gasteiger charge is -2.12. The van der Waals surface area contributed by atoms with Crippen molar-refractivity contribution in [1.82, 2.24) is 0 Å². The number of carboxylic acid groups (broad SMARTS) is 1. The molecule has 1 aliphatic rings. The fourth-order valence-corrected chi connectivity index (χ4v) is 3.82. The molecule has 0 aromatic heterocycles. The number of hydrogen-bond acceptors (Lipinski definition) is 6. The van der Waals surface area contributed by atoms with Gasteiger partial charge in [0, 0.05) is 18.7 Å². The maximum absolute atomic E-state index is 11.4. The molecule has 1 heterocycles. The van der Waals surface area contributed by atoms with Crippen LogP contribution < -0.4 is 10.5 Å². The van der Waals surface area contributed by atoms with Crippen molar-refractivity contribution in [3.63, 3.8) is 0 Å². The zero-order valence-corrected chi connectivity index (χ0v) is 15.5. The van der Waals surface area contributed by atoms with Gasteiger partial charge in [0.05, 0.1) is 18.8 Å². The van der Waals surface area contributed by atoms with Gasteiger partial charge in [-0.2, -0.15) is 0 Å². The minimum Gasteiger partial charge on any atom is -0.493 e. The summed E-state index contributed by atoms with van der Waals surface area (Å²) in [6, 6.07) is 12.4. The van der Waals surface area contributed by atoms with Gasteiger partial charge >= 0.3 is 11.9 Å². The second-order valence-corrected chi connectivity index (χ2v) is 7.38. The molecule has 2 aromatic rings. The van der Waals surface area contributed by atoms with Crippen molar-refractivity contribution < 1.29 is 24.2 Å². The van der Waals surface area contributed by atoms with Crippen molar-refractivity contribution in [3.05, 3.63) is 53.6 Å². The number of carbonyl (C=O) groups is 2. The molecule has 0 saturated carbocycles. The molecule has 142 valence electrons. The van der Waals surface area contributed by atoms with E-state index in [1.54, 1.807) is 30.0 Å². The highest BCUT2D eigenvalue weighted by Gasteiger charge is 2.26. The molecule has 7 heteroatoms. The number of benzene rings is 2. The summed E-state index contributed by atoms with van der Waals surface area (Å²) in [4.78, 5) is 22.7. The average molecular weight is 387 g/mol. The Bertz CT molecular complexity index is 839. The standard InChI is InChI=1S/C20H21NO5S/c21-12-15-5-4-14(19(22)23)11-17(15)13-2-1-3-16(10-13)25-8-9-27-18-6-7-26-20(18)24/h1-5,10-11,18H,6-9,12,21H2,(H,22,23). The van der Waals surface area contributed by atoms with Gasteiger partial charge in [-0.15, -0.1) is 11.8 Å². The van der Waals surface area contributed by atoms with Gasteiger partial charge in [-0.1, -0.05) is 18.2 Å². The van der Waals surface area contributed by atoms with E-state index in [4.69, 9.17) is 15.2 Å². The average Bonchev–Trinajstić information content (AvgIpc) is 3.09. The molecule has 0 bridgehead atoms. The number of nitrogens with two attached hydrogens (primary N) is 1. The second kappa shape index (κ2) is 8.92. The third kappa shape index (κ3) is 4.81. The number of aromatic carboxylic acids is 1. The van der Waals surface area contributed by atoms with E-state index in [2.05, 4.69) is 0 Å². The van der Waals surface area contributed by atoms with Crippen molar-refractivity contribution in [2.75, 3.05) is 19.0 Å². The van der Waals surface area contributed by atoms with Crippen molar-refractivity contribution in [2.24, 2.45) is 5.73 Å². The maximum atomic E-state index is 11.4. The number of rotatable bonds is 8. The van der Waals surface area contributed by atoms with E-state index < -0.39 is 5.97 Å². The summed E-state index contributed by atoms with van der Waals surface area (Å²) in [5, 5.41) is 9.14. The molecule has 0 aliphatic carbocycles. The number of hydrogen-bond donors (Lipinski definition) is 2. The largest absolute Gasteiger partial charge is 0.493 e. The van der Waals surface area contributed by atoms with Crippen molar-refractivity contribution in [2.45, 2.75) is 18.2 Å². The van der Waals surface area contributed by atoms with Gasteiger partial charge < -0.3 is 20.3 Å². The third-order valence-corrected chi connectivity index (χ3v) is 5.51. The first-order valence-electron chi connectivity index (χ1n) is 8.66. The molecule has 0 spiro atoms. The first-order valence-corrected chi connectivity index (χ1v) is 9.71. The van der Waals surface area contributed by atoms with Gasteiger partial charge in [0.2, 0.25) is 0 Å². The lowest BCUT2D eigenvalue weighted by Crippen LogP contribution is -2.12. The van der Waals surface area contributed by atoms with E-state index in [1.165, 1.54) is 0 Å². The summed E-state index contributed by atoms with van der Waals surface area (Å²) >= 11 is 1.54. The summed E-state index contributed by atoms with van der Waals surface area (Å²) < 4.78 is 10.7. The van der Waals surface area contributed by atoms with Crippen LogP contribution >= 0.6 is 11.8 Å². The highest BCUT2D eigenvalue weighted by atomic mass is 32.2. The Labute approximate surface area is 161 Å². The zero-order chi connectivity index (χ0) is 19.2. The number of thioether (sulfide) groups is 1. The Morgan fingerprint density at radius 3 is 2.85 bits per heavy atom. The van der Waals surface area contributed by atoms with Crippen LogP contribution in [0.4, 0.5) is 0 Å². The molecule has 1 aliphatic heterocycles. The van der Waals surface area contributed by atoms with Crippen molar-refractivity contribution in [3.8, 4) is 16.9 Å². The Morgan fingerprint density at radius 1 is 1.30 bits per heavy atom. The van der Waals surface area contributed by atoms with E-state index in [-0.39, 0.29) is 16.8 Å². The number of cyclic esters (lactones) is 1. The third-order valence-electron chi connectivity index (χ3n) is 4.28. The fraction of sp³-hybridized carbons (Fsp3) is 0.300. The number of carboxylic acids is 1. The lowest BCUT2D eigenvalue weighted by atomic mass is 9.97. The van der Waals surface area contributed by atoms with E-state index in [0.29, 0.717) is 31.3 Å². The van der Waals surface area contributed by atoms with Crippen LogP contribution in [0.5, 0.6) is 5.75 Å². The molecule has 1 saturated heterocycles. The lowest BCUT2D eigenvalue weighted by molar-refractivity contribution is -0.137. The molecule has 1 unspecified atom stereocenters. The summed E-state index contributed by atoms with van der Waals surface area (Å²) in [6.07, 6.45) is 0.751. The fourth-order valence-electron chi connectivity index (χ4n) is 2.89. The predicted molar refractivity (Wildman–Crippen MR) is 104 cm³/mol. The van der Waals surface area contributed by atoms with Crippen molar-refractivity contribution >= 4 is 23.7 Å². The van der Waals surface area contributed by atoms with E-state index >= 15 is 0 Å². The van der Waals surface area contributed by atoms with Gasteiger partial charge in [-0.25, -0.2) is 4.79 Å². The maximum Gasteiger partial charge on any atom is 0.335 e. The smallest absolute Gasteiger partial charge is 0.335 e. The van der Waals surface area contributed by atoms with Crippen molar-refractivity contribution in [1.29, 1.82) is 0 Å². The zero-order valence-electron chi connectivity index (χ0n) is 14.7. The summed E-state index contributed by atoms with van der Waals surface area (Å²) in [7, 11) is 0. The molecule has 3 rings (SSSR count). The summed E-state index contributed by atoms with van der Waals surface area (Å²) in [5.41, 5.74) is 8.52. The highest BCUT2D eigenvalue weighted by Crippen LogP contribution is 2.28. The first kappa shape index (κ1) is 19.3.